The van der Waals surface area contributed by atoms with Gasteiger partial charge in [0.05, 0.1) is 41.9 Å². The summed E-state index contributed by atoms with van der Waals surface area (Å²) in [6, 6.07) is 0.301. The molecule has 1 aromatic heterocycles. The highest BCUT2D eigenvalue weighted by Gasteiger charge is 2.46. The number of hydrogen-bond donors (Lipinski definition) is 0. The predicted molar refractivity (Wildman–Crippen MR) is 89.5 cm³/mol. The van der Waals surface area contributed by atoms with E-state index in [-0.39, 0.29) is 29.8 Å². The highest BCUT2D eigenvalue weighted by molar-refractivity contribution is 7.09. The van der Waals surface area contributed by atoms with E-state index in [9.17, 15) is 9.59 Å². The molecule has 7 heteroatoms. The second kappa shape index (κ2) is 6.44. The number of amides is 2. The van der Waals surface area contributed by atoms with Gasteiger partial charge in [-0.25, -0.2) is 4.98 Å². The Morgan fingerprint density at radius 2 is 2.25 bits per heavy atom. The lowest BCUT2D eigenvalue weighted by molar-refractivity contribution is -0.144. The summed E-state index contributed by atoms with van der Waals surface area (Å²) in [5.74, 6) is 0.426. The predicted octanol–water partition coefficient (Wildman–Crippen LogP) is 1.58. The quantitative estimate of drug-likeness (QED) is 0.831. The molecule has 4 heterocycles. The van der Waals surface area contributed by atoms with E-state index < -0.39 is 0 Å². The molecule has 0 N–H and O–H groups in total. The third-order valence-corrected chi connectivity index (χ3v) is 6.27. The normalized spacial score (nSPS) is 30.0. The van der Waals surface area contributed by atoms with Crippen LogP contribution < -0.4 is 0 Å². The van der Waals surface area contributed by atoms with Crippen molar-refractivity contribution in [2.24, 2.45) is 5.92 Å². The molecule has 3 atom stereocenters. The maximum absolute atomic E-state index is 12.8. The molecule has 0 spiro atoms. The van der Waals surface area contributed by atoms with Gasteiger partial charge < -0.3 is 14.5 Å². The Bertz CT molecular complexity index is 641. The number of likely N-dealkylation sites (tertiary alicyclic amines) is 2. The van der Waals surface area contributed by atoms with E-state index in [4.69, 9.17) is 4.74 Å². The van der Waals surface area contributed by atoms with Gasteiger partial charge in [0.15, 0.2) is 0 Å². The zero-order valence-corrected chi connectivity index (χ0v) is 14.8. The Morgan fingerprint density at radius 3 is 2.96 bits per heavy atom. The molecule has 0 radical (unpaired) electrons. The fraction of sp³-hybridized carbons (Fsp3) is 0.706. The number of carbonyl (C=O) groups is 2. The summed E-state index contributed by atoms with van der Waals surface area (Å²) >= 11 is 1.61. The molecule has 2 amide bonds. The Kier molecular flexibility index (Phi) is 4.30. The molecule has 0 aromatic carbocycles. The molecule has 0 bridgehead atoms. The van der Waals surface area contributed by atoms with Crippen LogP contribution in [-0.2, 0) is 20.9 Å². The smallest absolute Gasteiger partial charge is 0.228 e. The second-order valence-corrected chi connectivity index (χ2v) is 8.00. The van der Waals surface area contributed by atoms with Crippen molar-refractivity contribution in [2.45, 2.75) is 51.2 Å². The van der Waals surface area contributed by atoms with Crippen LogP contribution in [0.3, 0.4) is 0 Å². The van der Waals surface area contributed by atoms with Crippen molar-refractivity contribution in [3.63, 3.8) is 0 Å². The Labute approximate surface area is 145 Å². The van der Waals surface area contributed by atoms with Crippen molar-refractivity contribution in [2.75, 3.05) is 19.8 Å². The van der Waals surface area contributed by atoms with E-state index in [0.717, 1.165) is 36.5 Å². The minimum absolute atomic E-state index is 0.0102. The molecule has 0 saturated carbocycles. The lowest BCUT2D eigenvalue weighted by atomic mass is 9.95. The molecule has 1 aromatic rings. The first-order chi connectivity index (χ1) is 11.6. The molecule has 3 saturated heterocycles. The van der Waals surface area contributed by atoms with Gasteiger partial charge in [0, 0.05) is 25.0 Å². The van der Waals surface area contributed by atoms with Crippen molar-refractivity contribution in [3.8, 4) is 0 Å². The van der Waals surface area contributed by atoms with E-state index in [1.807, 2.05) is 22.1 Å². The third-order valence-electron chi connectivity index (χ3n) is 5.45. The number of thiazole rings is 1. The van der Waals surface area contributed by atoms with E-state index in [0.29, 0.717) is 26.2 Å². The van der Waals surface area contributed by atoms with E-state index in [2.05, 4.69) is 4.98 Å². The van der Waals surface area contributed by atoms with Gasteiger partial charge in [-0.3, -0.25) is 9.59 Å². The summed E-state index contributed by atoms with van der Waals surface area (Å²) in [7, 11) is 0. The third kappa shape index (κ3) is 2.84. The number of rotatable bonds is 3. The maximum Gasteiger partial charge on any atom is 0.228 e. The van der Waals surface area contributed by atoms with Crippen LogP contribution in [0.25, 0.3) is 0 Å². The monoisotopic (exact) mass is 349 g/mol. The van der Waals surface area contributed by atoms with Crippen molar-refractivity contribution >= 4 is 23.2 Å². The maximum atomic E-state index is 12.8. The first-order valence-electron chi connectivity index (χ1n) is 8.72. The zero-order valence-electron chi connectivity index (χ0n) is 13.9. The van der Waals surface area contributed by atoms with Crippen LogP contribution in [0.4, 0.5) is 0 Å². The number of piperidine rings is 1. The topological polar surface area (TPSA) is 62.7 Å². The summed E-state index contributed by atoms with van der Waals surface area (Å²) in [4.78, 5) is 33.7. The van der Waals surface area contributed by atoms with Gasteiger partial charge in [-0.2, -0.15) is 0 Å². The molecule has 3 aliphatic rings. The average molecular weight is 349 g/mol. The number of fused-ring (bicyclic) bond motifs is 1. The van der Waals surface area contributed by atoms with Gasteiger partial charge in [-0.05, 0) is 26.2 Å². The molecule has 4 rings (SSSR count). The highest BCUT2D eigenvalue weighted by Crippen LogP contribution is 2.34. The molecule has 0 aliphatic carbocycles. The lowest BCUT2D eigenvalue weighted by Crippen LogP contribution is -2.53. The Morgan fingerprint density at radius 1 is 1.38 bits per heavy atom. The Hall–Kier alpha value is -1.47. The number of ether oxygens (including phenoxy) is 1. The fourth-order valence-corrected chi connectivity index (χ4v) is 4.85. The minimum Gasteiger partial charge on any atom is -0.381 e. The summed E-state index contributed by atoms with van der Waals surface area (Å²) in [5, 5.41) is 3.05. The standard InChI is InChI=1S/C17H23N3O3S/c1-11-18-13(10-24-11)8-20-15-4-6-19(14(15)2-3-16(20)21)17(22)12-5-7-23-9-12/h10,12,14-15H,2-9H2,1H3/t12-,14+,15+/m0/s1. The number of aryl methyl sites for hydroxylation is 1. The summed E-state index contributed by atoms with van der Waals surface area (Å²) in [6.07, 6.45) is 3.01. The Balaban J connectivity index is 1.49. The molecule has 130 valence electrons. The van der Waals surface area contributed by atoms with Crippen molar-refractivity contribution in [1.82, 2.24) is 14.8 Å². The van der Waals surface area contributed by atoms with Crippen molar-refractivity contribution in [3.05, 3.63) is 16.1 Å². The van der Waals surface area contributed by atoms with Crippen LogP contribution in [0.5, 0.6) is 0 Å². The van der Waals surface area contributed by atoms with Crippen LogP contribution in [0.1, 0.15) is 36.4 Å². The van der Waals surface area contributed by atoms with Crippen molar-refractivity contribution < 1.29 is 14.3 Å². The molecule has 6 nitrogen and oxygen atoms in total. The lowest BCUT2D eigenvalue weighted by Gasteiger charge is -2.40. The van der Waals surface area contributed by atoms with E-state index in [1.165, 1.54) is 0 Å². The van der Waals surface area contributed by atoms with Gasteiger partial charge in [0.1, 0.15) is 0 Å². The first kappa shape index (κ1) is 16.0. The summed E-state index contributed by atoms with van der Waals surface area (Å²) < 4.78 is 5.37. The summed E-state index contributed by atoms with van der Waals surface area (Å²) in [5.41, 5.74) is 0.959. The van der Waals surface area contributed by atoms with Crippen LogP contribution in [0.15, 0.2) is 5.38 Å². The van der Waals surface area contributed by atoms with Gasteiger partial charge in [-0.15, -0.1) is 11.3 Å². The minimum atomic E-state index is 0.0102. The first-order valence-corrected chi connectivity index (χ1v) is 9.60. The molecule has 24 heavy (non-hydrogen) atoms. The van der Waals surface area contributed by atoms with Gasteiger partial charge >= 0.3 is 0 Å². The molecule has 3 fully saturated rings. The number of hydrogen-bond acceptors (Lipinski definition) is 5. The SMILES string of the molecule is Cc1nc(CN2C(=O)CC[C@@H]3[C@H]2CCN3C(=O)[C@H]2CCOC2)cs1. The van der Waals surface area contributed by atoms with Crippen molar-refractivity contribution in [1.29, 1.82) is 0 Å². The van der Waals surface area contributed by atoms with Gasteiger partial charge in [0.25, 0.3) is 0 Å². The fourth-order valence-electron chi connectivity index (χ4n) is 4.25. The van der Waals surface area contributed by atoms with Crippen LogP contribution >= 0.6 is 11.3 Å². The molecule has 3 aliphatic heterocycles. The van der Waals surface area contributed by atoms with E-state index >= 15 is 0 Å². The van der Waals surface area contributed by atoms with Crippen LogP contribution in [-0.4, -0.2) is 58.4 Å². The highest BCUT2D eigenvalue weighted by atomic mass is 32.1. The molecular weight excluding hydrogens is 326 g/mol. The number of carbonyl (C=O) groups excluding carboxylic acids is 2. The van der Waals surface area contributed by atoms with Gasteiger partial charge in [-0.1, -0.05) is 0 Å². The zero-order chi connectivity index (χ0) is 16.7. The second-order valence-electron chi connectivity index (χ2n) is 6.93. The number of nitrogens with zero attached hydrogens (tertiary/aromatic N) is 3. The van der Waals surface area contributed by atoms with E-state index in [1.54, 1.807) is 11.3 Å². The molecule has 0 unspecified atom stereocenters. The largest absolute Gasteiger partial charge is 0.381 e. The van der Waals surface area contributed by atoms with Crippen LogP contribution in [0, 0.1) is 12.8 Å². The molecular formula is C17H23N3O3S. The number of aromatic nitrogens is 1. The van der Waals surface area contributed by atoms with Crippen LogP contribution in [0.2, 0.25) is 0 Å². The van der Waals surface area contributed by atoms with Gasteiger partial charge in [0.2, 0.25) is 11.8 Å². The average Bonchev–Trinajstić information content (AvgIpc) is 3.30. The summed E-state index contributed by atoms with van der Waals surface area (Å²) in [6.45, 7) is 4.54.